The molecule has 0 saturated carbocycles. The van der Waals surface area contributed by atoms with Gasteiger partial charge in [0.05, 0.1) is 20.9 Å². The number of benzene rings is 2. The van der Waals surface area contributed by atoms with Crippen LogP contribution in [0.5, 0.6) is 0 Å². The summed E-state index contributed by atoms with van der Waals surface area (Å²) in [5.74, 6) is 0. The Morgan fingerprint density at radius 1 is 0.780 bits per heavy atom. The number of methoxy groups -OCH3 is 2. The highest BCUT2D eigenvalue weighted by atomic mass is 16.7. The number of aromatic nitrogens is 2. The van der Waals surface area contributed by atoms with E-state index in [2.05, 4.69) is 30.7 Å². The van der Waals surface area contributed by atoms with E-state index in [1.165, 1.54) is 18.2 Å². The molecule has 41 heavy (non-hydrogen) atoms. The first kappa shape index (κ1) is 31.4. The van der Waals surface area contributed by atoms with Crippen LogP contribution in [0, 0.1) is 20.2 Å². The third kappa shape index (κ3) is 6.98. The summed E-state index contributed by atoms with van der Waals surface area (Å²) in [4.78, 5) is 38.4. The van der Waals surface area contributed by atoms with Crippen molar-refractivity contribution < 1.29 is 24.1 Å². The van der Waals surface area contributed by atoms with Gasteiger partial charge in [-0.2, -0.15) is 0 Å². The van der Waals surface area contributed by atoms with E-state index in [-0.39, 0.29) is 33.4 Å². The van der Waals surface area contributed by atoms with Crippen LogP contribution in [0.1, 0.15) is 64.1 Å². The average molecular weight is 567 g/mol. The SMILES string of the molecule is CC(C)(C)c1[nH]c2cc([N+](=O)[O-])ccc2c1CC=O.COC(Cc1c(C(C)(C)C)[nH]c2cc([N+](=O)[O-])ccc12)OC. The number of nitrogens with one attached hydrogen (secondary N) is 2. The normalized spacial score (nSPS) is 12.0. The Kier molecular flexibility index (Phi) is 9.35. The fourth-order valence-electron chi connectivity index (χ4n) is 4.93. The van der Waals surface area contributed by atoms with Crippen LogP contribution < -0.4 is 0 Å². The van der Waals surface area contributed by atoms with Gasteiger partial charge in [0.2, 0.25) is 0 Å². The van der Waals surface area contributed by atoms with Crippen molar-refractivity contribution in [2.45, 2.75) is 71.5 Å². The third-order valence-electron chi connectivity index (χ3n) is 6.89. The monoisotopic (exact) mass is 566 g/mol. The van der Waals surface area contributed by atoms with E-state index in [4.69, 9.17) is 9.47 Å². The van der Waals surface area contributed by atoms with Crippen LogP contribution in [-0.4, -0.2) is 46.6 Å². The number of carbonyl (C=O) groups is 1. The van der Waals surface area contributed by atoms with Crippen LogP contribution >= 0.6 is 0 Å². The van der Waals surface area contributed by atoms with Gasteiger partial charge in [-0.05, 0) is 23.3 Å². The summed E-state index contributed by atoms with van der Waals surface area (Å²) in [5, 5.41) is 23.6. The number of rotatable bonds is 8. The highest BCUT2D eigenvalue weighted by Crippen LogP contribution is 2.35. The number of aldehydes is 1. The van der Waals surface area contributed by atoms with Crippen molar-refractivity contribution in [3.8, 4) is 0 Å². The molecule has 4 rings (SSSR count). The number of nitro benzene ring substituents is 2. The molecular formula is C30H38N4O7. The zero-order valence-corrected chi connectivity index (χ0v) is 24.8. The lowest BCUT2D eigenvalue weighted by atomic mass is 9.88. The van der Waals surface area contributed by atoms with Gasteiger partial charge in [0.15, 0.2) is 6.29 Å². The van der Waals surface area contributed by atoms with E-state index in [9.17, 15) is 25.0 Å². The van der Waals surface area contributed by atoms with Crippen molar-refractivity contribution >= 4 is 39.5 Å². The Labute approximate surface area is 238 Å². The van der Waals surface area contributed by atoms with Crippen molar-refractivity contribution in [1.82, 2.24) is 9.97 Å². The minimum absolute atomic E-state index is 0.0480. The number of nitrogens with zero attached hydrogens (tertiary/aromatic N) is 2. The smallest absolute Gasteiger partial charge is 0.271 e. The van der Waals surface area contributed by atoms with Gasteiger partial charge in [0, 0.05) is 84.3 Å². The van der Waals surface area contributed by atoms with Crippen LogP contribution in [-0.2, 0) is 37.9 Å². The second-order valence-corrected chi connectivity index (χ2v) is 11.9. The number of aromatic amines is 2. The molecule has 0 amide bonds. The molecule has 0 aliphatic carbocycles. The number of non-ortho nitro benzene ring substituents is 2. The quantitative estimate of drug-likeness (QED) is 0.105. The van der Waals surface area contributed by atoms with Crippen molar-refractivity contribution in [2.75, 3.05) is 14.2 Å². The number of nitro groups is 2. The number of hydrogen-bond donors (Lipinski definition) is 2. The summed E-state index contributed by atoms with van der Waals surface area (Å²) in [6.07, 6.45) is 1.40. The molecule has 2 aromatic heterocycles. The maximum absolute atomic E-state index is 11.0. The molecule has 220 valence electrons. The number of ether oxygens (including phenoxy) is 2. The van der Waals surface area contributed by atoms with Gasteiger partial charge in [-0.1, -0.05) is 41.5 Å². The number of carbonyl (C=O) groups excluding carboxylic acids is 1. The molecule has 0 aliphatic rings. The Morgan fingerprint density at radius 3 is 1.56 bits per heavy atom. The predicted octanol–water partition coefficient (Wildman–Crippen LogP) is 6.65. The van der Waals surface area contributed by atoms with E-state index in [1.54, 1.807) is 32.4 Å². The molecule has 0 saturated heterocycles. The maximum atomic E-state index is 11.0. The van der Waals surface area contributed by atoms with Gasteiger partial charge in [0.25, 0.3) is 11.4 Å². The lowest BCUT2D eigenvalue weighted by Crippen LogP contribution is -2.20. The second-order valence-electron chi connectivity index (χ2n) is 11.9. The molecule has 2 N–H and O–H groups in total. The zero-order valence-electron chi connectivity index (χ0n) is 24.8. The van der Waals surface area contributed by atoms with Crippen LogP contribution in [0.15, 0.2) is 36.4 Å². The van der Waals surface area contributed by atoms with Crippen LogP contribution in [0.4, 0.5) is 11.4 Å². The second kappa shape index (κ2) is 12.2. The summed E-state index contributed by atoms with van der Waals surface area (Å²) in [6.45, 7) is 12.4. The fourth-order valence-corrected chi connectivity index (χ4v) is 4.93. The van der Waals surface area contributed by atoms with E-state index in [0.29, 0.717) is 18.4 Å². The van der Waals surface area contributed by atoms with Gasteiger partial charge in [-0.15, -0.1) is 0 Å². The van der Waals surface area contributed by atoms with Crippen LogP contribution in [0.3, 0.4) is 0 Å². The third-order valence-corrected chi connectivity index (χ3v) is 6.89. The Morgan fingerprint density at radius 2 is 1.20 bits per heavy atom. The van der Waals surface area contributed by atoms with Gasteiger partial charge in [-0.25, -0.2) is 0 Å². The van der Waals surface area contributed by atoms with E-state index in [0.717, 1.165) is 45.1 Å². The summed E-state index contributed by atoms with van der Waals surface area (Å²) in [5.41, 5.74) is 5.33. The van der Waals surface area contributed by atoms with Gasteiger partial charge in [0.1, 0.15) is 6.29 Å². The average Bonchev–Trinajstić information content (AvgIpc) is 3.45. The van der Waals surface area contributed by atoms with E-state index >= 15 is 0 Å². The molecule has 2 aromatic carbocycles. The predicted molar refractivity (Wildman–Crippen MR) is 159 cm³/mol. The summed E-state index contributed by atoms with van der Waals surface area (Å²) >= 11 is 0. The molecule has 0 bridgehead atoms. The molecule has 2 heterocycles. The van der Waals surface area contributed by atoms with E-state index in [1.807, 2.05) is 20.8 Å². The largest absolute Gasteiger partial charge is 0.358 e. The topological polar surface area (TPSA) is 153 Å². The minimum atomic E-state index is -0.420. The van der Waals surface area contributed by atoms with Crippen molar-refractivity contribution in [2.24, 2.45) is 0 Å². The Bertz CT molecular complexity index is 1570. The highest BCUT2D eigenvalue weighted by molar-refractivity contribution is 5.89. The number of fused-ring (bicyclic) bond motifs is 2. The molecule has 11 nitrogen and oxygen atoms in total. The molecule has 11 heteroatoms. The van der Waals surface area contributed by atoms with Crippen LogP contribution in [0.25, 0.3) is 21.8 Å². The van der Waals surface area contributed by atoms with Crippen molar-refractivity contribution in [3.63, 3.8) is 0 Å². The van der Waals surface area contributed by atoms with Gasteiger partial charge < -0.3 is 24.2 Å². The first-order valence-corrected chi connectivity index (χ1v) is 13.2. The fraction of sp³-hybridized carbons (Fsp3) is 0.433. The standard InChI is InChI=1S/C16H22N2O4.C14H16N2O3/c1-16(2,3)15-12(9-14(21-4)22-5)11-7-6-10(18(19)20)8-13(11)17-15;1-14(2,3)13-11(6-7-17)10-5-4-9(16(18)19)8-12(10)15-13/h6-8,14,17H,9H2,1-5H3;4-5,7-8,15H,6H2,1-3H3. The lowest BCUT2D eigenvalue weighted by Gasteiger charge is -2.21. The maximum Gasteiger partial charge on any atom is 0.271 e. The van der Waals surface area contributed by atoms with Gasteiger partial charge >= 0.3 is 0 Å². The molecule has 0 spiro atoms. The molecule has 4 aromatic rings. The Hall–Kier alpha value is -4.09. The zero-order chi connectivity index (χ0) is 30.7. The summed E-state index contributed by atoms with van der Waals surface area (Å²) in [6, 6.07) is 9.58. The first-order valence-electron chi connectivity index (χ1n) is 13.2. The number of hydrogen-bond acceptors (Lipinski definition) is 7. The van der Waals surface area contributed by atoms with Crippen molar-refractivity contribution in [1.29, 1.82) is 0 Å². The highest BCUT2D eigenvalue weighted by Gasteiger charge is 2.26. The van der Waals surface area contributed by atoms with E-state index < -0.39 is 4.92 Å². The molecule has 0 unspecified atom stereocenters. The number of H-pyrrole nitrogens is 2. The summed E-state index contributed by atoms with van der Waals surface area (Å²) in [7, 11) is 3.20. The molecule has 0 atom stereocenters. The van der Waals surface area contributed by atoms with Crippen LogP contribution in [0.2, 0.25) is 0 Å². The lowest BCUT2D eigenvalue weighted by molar-refractivity contribution is -0.384. The first-order chi connectivity index (χ1) is 19.1. The molecule has 0 fully saturated rings. The minimum Gasteiger partial charge on any atom is -0.358 e. The molecule has 0 radical (unpaired) electrons. The van der Waals surface area contributed by atoms with Gasteiger partial charge in [-0.3, -0.25) is 20.2 Å². The van der Waals surface area contributed by atoms with Crippen molar-refractivity contribution in [3.05, 3.63) is 79.1 Å². The molecule has 0 aliphatic heterocycles. The molecular weight excluding hydrogens is 528 g/mol. The summed E-state index contributed by atoms with van der Waals surface area (Å²) < 4.78 is 10.6. The Balaban J connectivity index is 0.000000228.